The largest absolute Gasteiger partial charge is 0.306 e. The molecule has 5 heteroatoms. The third kappa shape index (κ3) is 4.41. The summed E-state index contributed by atoms with van der Waals surface area (Å²) in [6, 6.07) is 3.87. The summed E-state index contributed by atoms with van der Waals surface area (Å²) in [5.74, 6) is -2.97. The maximum absolute atomic E-state index is 13.8. The third-order valence-electron chi connectivity index (χ3n) is 2.18. The lowest BCUT2D eigenvalue weighted by Crippen LogP contribution is -2.42. The van der Waals surface area contributed by atoms with E-state index in [1.54, 1.807) is 0 Å². The first-order valence-electron chi connectivity index (χ1n) is 5.20. The molecule has 0 radical (unpaired) electrons. The van der Waals surface area contributed by atoms with Crippen molar-refractivity contribution in [3.8, 4) is 0 Å². The zero-order valence-electron chi connectivity index (χ0n) is 9.95. The molecule has 0 saturated carbocycles. The van der Waals surface area contributed by atoms with Crippen LogP contribution in [0.15, 0.2) is 18.2 Å². The second-order valence-electron chi connectivity index (χ2n) is 4.94. The topological polar surface area (TPSA) is 12.0 Å². The van der Waals surface area contributed by atoms with Gasteiger partial charge in [-0.25, -0.2) is 0 Å². The molecular weight excluding hydrogens is 267 g/mol. The van der Waals surface area contributed by atoms with Crippen LogP contribution in [-0.4, -0.2) is 12.1 Å². The van der Waals surface area contributed by atoms with Crippen LogP contribution in [0.25, 0.3) is 0 Å². The quantitative estimate of drug-likeness (QED) is 0.862. The van der Waals surface area contributed by atoms with Crippen LogP contribution in [0.1, 0.15) is 26.3 Å². The molecule has 0 saturated heterocycles. The summed E-state index contributed by atoms with van der Waals surface area (Å²) in [6.45, 7) is 5.06. The number of benzene rings is 1. The van der Waals surface area contributed by atoms with E-state index in [1.807, 2.05) is 20.8 Å². The Hall–Kier alpha value is -0.380. The predicted molar refractivity (Wildman–Crippen MR) is 68.1 cm³/mol. The number of nitrogens with one attached hydrogen (secondary N) is 1. The highest BCUT2D eigenvalue weighted by Crippen LogP contribution is 2.32. The fourth-order valence-electron chi connectivity index (χ4n) is 1.20. The molecular formula is C12H15Cl2F2N. The summed E-state index contributed by atoms with van der Waals surface area (Å²) in [4.78, 5) is 0. The Bertz CT molecular complexity index is 400. The molecule has 0 aliphatic carbocycles. The van der Waals surface area contributed by atoms with E-state index >= 15 is 0 Å². The fourth-order valence-corrected chi connectivity index (χ4v) is 1.50. The van der Waals surface area contributed by atoms with E-state index in [2.05, 4.69) is 5.32 Å². The van der Waals surface area contributed by atoms with Crippen molar-refractivity contribution in [3.63, 3.8) is 0 Å². The lowest BCUT2D eigenvalue weighted by atomic mass is 10.1. The Balaban J connectivity index is 2.85. The van der Waals surface area contributed by atoms with E-state index in [0.29, 0.717) is 0 Å². The molecule has 0 amide bonds. The van der Waals surface area contributed by atoms with Crippen LogP contribution in [0, 0.1) is 0 Å². The number of alkyl halides is 2. The van der Waals surface area contributed by atoms with Gasteiger partial charge in [0.05, 0.1) is 16.6 Å². The molecule has 0 aliphatic heterocycles. The van der Waals surface area contributed by atoms with E-state index in [1.165, 1.54) is 18.2 Å². The summed E-state index contributed by atoms with van der Waals surface area (Å²) in [7, 11) is 0. The van der Waals surface area contributed by atoms with Crippen molar-refractivity contribution in [1.29, 1.82) is 0 Å². The second-order valence-corrected chi connectivity index (χ2v) is 5.75. The monoisotopic (exact) mass is 281 g/mol. The Morgan fingerprint density at radius 3 is 2.18 bits per heavy atom. The highest BCUT2D eigenvalue weighted by molar-refractivity contribution is 6.42. The summed E-state index contributed by atoms with van der Waals surface area (Å²) >= 11 is 11.4. The number of rotatable bonds is 3. The first-order valence-corrected chi connectivity index (χ1v) is 5.96. The van der Waals surface area contributed by atoms with Crippen LogP contribution in [0.4, 0.5) is 8.78 Å². The van der Waals surface area contributed by atoms with Gasteiger partial charge < -0.3 is 5.32 Å². The van der Waals surface area contributed by atoms with E-state index in [9.17, 15) is 8.78 Å². The van der Waals surface area contributed by atoms with E-state index in [0.717, 1.165) is 0 Å². The van der Waals surface area contributed by atoms with Crippen LogP contribution in [-0.2, 0) is 5.92 Å². The molecule has 0 bridgehead atoms. The van der Waals surface area contributed by atoms with Crippen LogP contribution in [0.3, 0.4) is 0 Å². The molecule has 1 aromatic carbocycles. The molecule has 0 spiro atoms. The van der Waals surface area contributed by atoms with Crippen molar-refractivity contribution in [2.45, 2.75) is 32.2 Å². The molecule has 1 nitrogen and oxygen atoms in total. The van der Waals surface area contributed by atoms with Gasteiger partial charge >= 0.3 is 0 Å². The second kappa shape index (κ2) is 5.09. The van der Waals surface area contributed by atoms with E-state index < -0.39 is 12.5 Å². The van der Waals surface area contributed by atoms with Gasteiger partial charge in [0.25, 0.3) is 5.92 Å². The lowest BCUT2D eigenvalue weighted by molar-refractivity contribution is -0.00859. The molecule has 1 N–H and O–H groups in total. The molecule has 1 aromatic rings. The van der Waals surface area contributed by atoms with Gasteiger partial charge in [-0.05, 0) is 32.9 Å². The number of hydrogen-bond donors (Lipinski definition) is 1. The van der Waals surface area contributed by atoms with Gasteiger partial charge in [-0.2, -0.15) is 8.78 Å². The van der Waals surface area contributed by atoms with Crippen molar-refractivity contribution >= 4 is 23.2 Å². The zero-order chi connectivity index (χ0) is 13.3. The zero-order valence-corrected chi connectivity index (χ0v) is 11.5. The van der Waals surface area contributed by atoms with Crippen LogP contribution < -0.4 is 5.32 Å². The SMILES string of the molecule is CC(C)(C)NCC(F)(F)c1ccc(Cl)c(Cl)c1. The summed E-state index contributed by atoms with van der Waals surface area (Å²) in [6.07, 6.45) is 0. The Kier molecular flexibility index (Phi) is 4.39. The Morgan fingerprint density at radius 1 is 1.12 bits per heavy atom. The summed E-state index contributed by atoms with van der Waals surface area (Å²) < 4.78 is 27.7. The third-order valence-corrected chi connectivity index (χ3v) is 2.92. The number of hydrogen-bond acceptors (Lipinski definition) is 1. The standard InChI is InChI=1S/C12H15Cl2F2N/c1-11(2,3)17-7-12(15,16)8-4-5-9(13)10(14)6-8/h4-6,17H,7H2,1-3H3. The molecule has 17 heavy (non-hydrogen) atoms. The molecule has 0 unspecified atom stereocenters. The fraction of sp³-hybridized carbons (Fsp3) is 0.500. The smallest absolute Gasteiger partial charge is 0.285 e. The predicted octanol–water partition coefficient (Wildman–Crippen LogP) is 4.47. The van der Waals surface area contributed by atoms with E-state index in [4.69, 9.17) is 23.2 Å². The first kappa shape index (κ1) is 14.7. The van der Waals surface area contributed by atoms with Crippen molar-refractivity contribution in [3.05, 3.63) is 33.8 Å². The van der Waals surface area contributed by atoms with E-state index in [-0.39, 0.29) is 21.1 Å². The van der Waals surface area contributed by atoms with Gasteiger partial charge in [-0.3, -0.25) is 0 Å². The maximum atomic E-state index is 13.8. The molecule has 0 atom stereocenters. The van der Waals surface area contributed by atoms with Crippen molar-refractivity contribution in [2.75, 3.05) is 6.54 Å². The first-order chi connectivity index (χ1) is 7.62. The minimum Gasteiger partial charge on any atom is -0.306 e. The Labute approximate surface area is 110 Å². The lowest BCUT2D eigenvalue weighted by Gasteiger charge is -2.25. The molecule has 96 valence electrons. The molecule has 0 aliphatic rings. The van der Waals surface area contributed by atoms with Crippen LogP contribution >= 0.6 is 23.2 Å². The van der Waals surface area contributed by atoms with Crippen LogP contribution in [0.2, 0.25) is 10.0 Å². The van der Waals surface area contributed by atoms with Gasteiger partial charge in [-0.15, -0.1) is 0 Å². The minimum atomic E-state index is -2.97. The highest BCUT2D eigenvalue weighted by atomic mass is 35.5. The summed E-state index contributed by atoms with van der Waals surface area (Å²) in [5.41, 5.74) is -0.497. The average Bonchev–Trinajstić information content (AvgIpc) is 2.18. The molecule has 0 heterocycles. The molecule has 0 aromatic heterocycles. The Morgan fingerprint density at radius 2 is 1.71 bits per heavy atom. The highest BCUT2D eigenvalue weighted by Gasteiger charge is 2.33. The average molecular weight is 282 g/mol. The maximum Gasteiger partial charge on any atom is 0.285 e. The molecule has 1 rings (SSSR count). The van der Waals surface area contributed by atoms with Crippen molar-refractivity contribution < 1.29 is 8.78 Å². The molecule has 0 fully saturated rings. The minimum absolute atomic E-state index is 0.136. The number of halogens is 4. The normalized spacial score (nSPS) is 12.9. The van der Waals surface area contributed by atoms with Gasteiger partial charge in [0.1, 0.15) is 0 Å². The summed E-state index contributed by atoms with van der Waals surface area (Å²) in [5, 5.41) is 3.18. The van der Waals surface area contributed by atoms with Gasteiger partial charge in [0, 0.05) is 11.1 Å². The van der Waals surface area contributed by atoms with Gasteiger partial charge in [0.2, 0.25) is 0 Å². The van der Waals surface area contributed by atoms with Crippen molar-refractivity contribution in [1.82, 2.24) is 5.32 Å². The van der Waals surface area contributed by atoms with Gasteiger partial charge in [-0.1, -0.05) is 29.3 Å². The van der Waals surface area contributed by atoms with Gasteiger partial charge in [0.15, 0.2) is 0 Å². The van der Waals surface area contributed by atoms with Crippen LogP contribution in [0.5, 0.6) is 0 Å². The van der Waals surface area contributed by atoms with Crippen molar-refractivity contribution in [2.24, 2.45) is 0 Å².